The largest absolute Gasteiger partial charge is 0.493 e. The third-order valence-electron chi connectivity index (χ3n) is 3.25. The molecule has 1 aromatic rings. The number of rotatable bonds is 7. The van der Waals surface area contributed by atoms with E-state index in [2.05, 4.69) is 4.74 Å². The Hall–Kier alpha value is -1.95. The van der Waals surface area contributed by atoms with Gasteiger partial charge in [0.25, 0.3) is 0 Å². The quantitative estimate of drug-likeness (QED) is 0.776. The van der Waals surface area contributed by atoms with E-state index in [1.807, 2.05) is 0 Å². The molecule has 0 amide bonds. The standard InChI is InChI=1S/C15H22O6/c1-9(15(17)21-5)6-11(16)10-7-12(18-2)14(20-4)13(8-10)19-3/h7-9,11,16H,6H2,1-5H3. The maximum atomic E-state index is 11.4. The van der Waals surface area contributed by atoms with Gasteiger partial charge in [0.05, 0.1) is 40.5 Å². The van der Waals surface area contributed by atoms with Crippen LogP contribution in [0.5, 0.6) is 17.2 Å². The van der Waals surface area contributed by atoms with Crippen LogP contribution in [-0.4, -0.2) is 39.5 Å². The predicted molar refractivity (Wildman–Crippen MR) is 76.9 cm³/mol. The molecule has 0 spiro atoms. The van der Waals surface area contributed by atoms with Gasteiger partial charge in [0.15, 0.2) is 11.5 Å². The average molecular weight is 298 g/mol. The van der Waals surface area contributed by atoms with Gasteiger partial charge in [0.2, 0.25) is 5.75 Å². The topological polar surface area (TPSA) is 74.2 Å². The second-order valence-corrected chi connectivity index (χ2v) is 4.63. The van der Waals surface area contributed by atoms with Crippen LogP contribution in [0.15, 0.2) is 12.1 Å². The van der Waals surface area contributed by atoms with Crippen molar-refractivity contribution in [3.8, 4) is 17.2 Å². The Bertz CT molecular complexity index is 460. The van der Waals surface area contributed by atoms with Crippen LogP contribution >= 0.6 is 0 Å². The molecule has 1 N–H and O–H groups in total. The highest BCUT2D eigenvalue weighted by Crippen LogP contribution is 2.40. The first-order valence-corrected chi connectivity index (χ1v) is 6.54. The van der Waals surface area contributed by atoms with Gasteiger partial charge in [0.1, 0.15) is 0 Å². The average Bonchev–Trinajstić information content (AvgIpc) is 2.51. The molecule has 1 aromatic carbocycles. The minimum Gasteiger partial charge on any atom is -0.493 e. The summed E-state index contributed by atoms with van der Waals surface area (Å²) in [5.74, 6) is 0.593. The van der Waals surface area contributed by atoms with Gasteiger partial charge in [-0.25, -0.2) is 0 Å². The van der Waals surface area contributed by atoms with Crippen LogP contribution in [0.25, 0.3) is 0 Å². The fourth-order valence-electron chi connectivity index (χ4n) is 2.06. The second-order valence-electron chi connectivity index (χ2n) is 4.63. The summed E-state index contributed by atoms with van der Waals surface area (Å²) >= 11 is 0. The number of benzene rings is 1. The van der Waals surface area contributed by atoms with Crippen molar-refractivity contribution in [2.45, 2.75) is 19.4 Å². The first-order chi connectivity index (χ1) is 9.98. The Balaban J connectivity index is 3.04. The molecule has 0 radical (unpaired) electrons. The van der Waals surface area contributed by atoms with E-state index in [9.17, 15) is 9.90 Å². The van der Waals surface area contributed by atoms with Crippen molar-refractivity contribution < 1.29 is 28.8 Å². The summed E-state index contributed by atoms with van der Waals surface area (Å²) < 4.78 is 20.4. The summed E-state index contributed by atoms with van der Waals surface area (Å²) in [5, 5.41) is 10.3. The fraction of sp³-hybridized carbons (Fsp3) is 0.533. The second kappa shape index (κ2) is 7.73. The number of aliphatic hydroxyl groups excluding tert-OH is 1. The van der Waals surface area contributed by atoms with Crippen LogP contribution in [0.3, 0.4) is 0 Å². The Morgan fingerprint density at radius 1 is 1.10 bits per heavy atom. The van der Waals surface area contributed by atoms with Crippen LogP contribution in [-0.2, 0) is 9.53 Å². The Morgan fingerprint density at radius 2 is 1.62 bits per heavy atom. The zero-order chi connectivity index (χ0) is 16.0. The number of esters is 1. The predicted octanol–water partition coefficient (Wildman–Crippen LogP) is 1.94. The molecule has 6 nitrogen and oxygen atoms in total. The molecule has 0 aliphatic heterocycles. The van der Waals surface area contributed by atoms with Crippen molar-refractivity contribution in [2.75, 3.05) is 28.4 Å². The Kier molecular flexibility index (Phi) is 6.30. The molecule has 2 unspecified atom stereocenters. The molecule has 0 bridgehead atoms. The lowest BCUT2D eigenvalue weighted by Gasteiger charge is -2.18. The number of aliphatic hydroxyl groups is 1. The number of hydrogen-bond donors (Lipinski definition) is 1. The minimum absolute atomic E-state index is 0.241. The number of ether oxygens (including phenoxy) is 4. The van der Waals surface area contributed by atoms with Crippen molar-refractivity contribution in [1.29, 1.82) is 0 Å². The molecule has 0 saturated carbocycles. The summed E-state index contributed by atoms with van der Waals surface area (Å²) in [6.07, 6.45) is -0.599. The molecule has 0 aliphatic carbocycles. The van der Waals surface area contributed by atoms with E-state index in [0.717, 1.165) is 0 Å². The molecule has 0 heterocycles. The van der Waals surface area contributed by atoms with Gasteiger partial charge in [0, 0.05) is 0 Å². The number of carbonyl (C=O) groups excluding carboxylic acids is 1. The lowest BCUT2D eigenvalue weighted by atomic mass is 9.97. The van der Waals surface area contributed by atoms with Gasteiger partial charge in [-0.3, -0.25) is 4.79 Å². The summed E-state index contributed by atoms with van der Waals surface area (Å²) in [7, 11) is 5.84. The SMILES string of the molecule is COC(=O)C(C)CC(O)c1cc(OC)c(OC)c(OC)c1. The van der Waals surface area contributed by atoms with Gasteiger partial charge in [-0.05, 0) is 24.1 Å². The van der Waals surface area contributed by atoms with Gasteiger partial charge >= 0.3 is 5.97 Å². The van der Waals surface area contributed by atoms with E-state index >= 15 is 0 Å². The van der Waals surface area contributed by atoms with Crippen LogP contribution in [0.4, 0.5) is 0 Å². The molecule has 1 rings (SSSR count). The molecule has 118 valence electrons. The third-order valence-corrected chi connectivity index (χ3v) is 3.25. The molecule has 0 fully saturated rings. The van der Waals surface area contributed by atoms with Crippen molar-refractivity contribution in [2.24, 2.45) is 5.92 Å². The number of carbonyl (C=O) groups is 1. The maximum Gasteiger partial charge on any atom is 0.308 e. The number of hydrogen-bond acceptors (Lipinski definition) is 6. The van der Waals surface area contributed by atoms with Gasteiger partial charge in [-0.2, -0.15) is 0 Å². The highest BCUT2D eigenvalue weighted by Gasteiger charge is 2.22. The van der Waals surface area contributed by atoms with Crippen LogP contribution in [0, 0.1) is 5.92 Å². The molecular formula is C15H22O6. The summed E-state index contributed by atoms with van der Waals surface area (Å²) in [6.45, 7) is 1.70. The van der Waals surface area contributed by atoms with Crippen molar-refractivity contribution in [1.82, 2.24) is 0 Å². The van der Waals surface area contributed by atoms with Crippen LogP contribution in [0.1, 0.15) is 25.0 Å². The first-order valence-electron chi connectivity index (χ1n) is 6.54. The first kappa shape index (κ1) is 17.1. The normalized spacial score (nSPS) is 13.2. The molecule has 0 aliphatic rings. The number of methoxy groups -OCH3 is 4. The summed E-state index contributed by atoms with van der Waals surface area (Å²) in [6, 6.07) is 3.33. The highest BCUT2D eigenvalue weighted by atomic mass is 16.5. The lowest BCUT2D eigenvalue weighted by molar-refractivity contribution is -0.145. The minimum atomic E-state index is -0.840. The summed E-state index contributed by atoms with van der Waals surface area (Å²) in [5.41, 5.74) is 0.584. The molecule has 2 atom stereocenters. The molecule has 21 heavy (non-hydrogen) atoms. The van der Waals surface area contributed by atoms with Gasteiger partial charge in [-0.1, -0.05) is 6.92 Å². The van der Waals surface area contributed by atoms with Crippen molar-refractivity contribution >= 4 is 5.97 Å². The Labute approximate surface area is 124 Å². The van der Waals surface area contributed by atoms with E-state index in [1.54, 1.807) is 19.1 Å². The van der Waals surface area contributed by atoms with E-state index in [0.29, 0.717) is 22.8 Å². The Morgan fingerprint density at radius 3 is 2.00 bits per heavy atom. The van der Waals surface area contributed by atoms with E-state index in [1.165, 1.54) is 28.4 Å². The van der Waals surface area contributed by atoms with Crippen molar-refractivity contribution in [3.05, 3.63) is 17.7 Å². The fourth-order valence-corrected chi connectivity index (χ4v) is 2.06. The smallest absolute Gasteiger partial charge is 0.308 e. The molecule has 0 aromatic heterocycles. The van der Waals surface area contributed by atoms with E-state index in [4.69, 9.17) is 14.2 Å². The van der Waals surface area contributed by atoms with E-state index < -0.39 is 12.0 Å². The molecule has 6 heteroatoms. The maximum absolute atomic E-state index is 11.4. The highest BCUT2D eigenvalue weighted by molar-refractivity contribution is 5.71. The van der Waals surface area contributed by atoms with Gasteiger partial charge < -0.3 is 24.1 Å². The van der Waals surface area contributed by atoms with Gasteiger partial charge in [-0.15, -0.1) is 0 Å². The zero-order valence-corrected chi connectivity index (χ0v) is 13.0. The van der Waals surface area contributed by atoms with Crippen LogP contribution in [0.2, 0.25) is 0 Å². The molecule has 0 saturated heterocycles. The van der Waals surface area contributed by atoms with E-state index in [-0.39, 0.29) is 12.4 Å². The lowest BCUT2D eigenvalue weighted by Crippen LogP contribution is -2.16. The third kappa shape index (κ3) is 4.01. The monoisotopic (exact) mass is 298 g/mol. The summed E-state index contributed by atoms with van der Waals surface area (Å²) in [4.78, 5) is 11.4. The van der Waals surface area contributed by atoms with Crippen LogP contribution < -0.4 is 14.2 Å². The van der Waals surface area contributed by atoms with Crippen molar-refractivity contribution in [3.63, 3.8) is 0 Å². The molecular weight excluding hydrogens is 276 g/mol. The zero-order valence-electron chi connectivity index (χ0n) is 13.0.